The van der Waals surface area contributed by atoms with Gasteiger partial charge in [0.25, 0.3) is 5.91 Å². The van der Waals surface area contributed by atoms with Gasteiger partial charge in [-0.25, -0.2) is 8.78 Å². The summed E-state index contributed by atoms with van der Waals surface area (Å²) in [4.78, 5) is 30.6. The highest BCUT2D eigenvalue weighted by atomic mass is 35.5. The number of carbonyl (C=O) groups is 1. The highest BCUT2D eigenvalue weighted by molar-refractivity contribution is 6.34. The van der Waals surface area contributed by atoms with E-state index in [4.69, 9.17) is 26.8 Å². The van der Waals surface area contributed by atoms with Crippen LogP contribution in [0.1, 0.15) is 76.8 Å². The third kappa shape index (κ3) is 6.53. The van der Waals surface area contributed by atoms with Crippen molar-refractivity contribution >= 4 is 29.0 Å². The number of halogens is 6. The largest absolute Gasteiger partial charge is 0.467 e. The molecule has 54 heavy (non-hydrogen) atoms. The lowest BCUT2D eigenvalue weighted by Crippen LogP contribution is -2.76. The van der Waals surface area contributed by atoms with Crippen molar-refractivity contribution in [3.63, 3.8) is 0 Å². The first kappa shape index (κ1) is 37.1. The minimum Gasteiger partial charge on any atom is -0.467 e. The van der Waals surface area contributed by atoms with E-state index in [1.807, 2.05) is 4.90 Å². The van der Waals surface area contributed by atoms with Gasteiger partial charge >= 0.3 is 12.2 Å². The zero-order chi connectivity index (χ0) is 38.1. The fourth-order valence-electron chi connectivity index (χ4n) is 8.78. The first-order chi connectivity index (χ1) is 25.8. The van der Waals surface area contributed by atoms with Crippen LogP contribution in [0.25, 0.3) is 0 Å². The van der Waals surface area contributed by atoms with Gasteiger partial charge < -0.3 is 25.0 Å². The number of nitrogens with two attached hydrogens (primary N) is 1. The third-order valence-electron chi connectivity index (χ3n) is 12.0. The van der Waals surface area contributed by atoms with Crippen LogP contribution in [0.5, 0.6) is 6.01 Å². The van der Waals surface area contributed by atoms with Crippen molar-refractivity contribution in [2.75, 3.05) is 64.1 Å². The Balaban J connectivity index is 0.000000399. The topological polar surface area (TPSA) is 118 Å². The van der Waals surface area contributed by atoms with E-state index in [1.165, 1.54) is 20.0 Å². The van der Waals surface area contributed by atoms with Gasteiger partial charge in [0, 0.05) is 62.9 Å². The second kappa shape index (κ2) is 14.0. The number of carbonyl (C=O) groups excluding carboxylic acids is 1. The fourth-order valence-corrected chi connectivity index (χ4v) is 9.05. The highest BCUT2D eigenvalue weighted by Gasteiger charge is 2.53. The number of methoxy groups -OCH3 is 1. The molecule has 4 saturated heterocycles. The minimum atomic E-state index is -4.82. The summed E-state index contributed by atoms with van der Waals surface area (Å²) in [6, 6.07) is 2.26. The standard InChI is InChI=1S/C29H31ClF4N8O3.C7H12FN/c1-39-9-6-28(39)13-41(14-28)26(43)24-22(30)19-11-40(7-3-8-42(19)38-24)25-15-12-45-20(10-18(15)36-27(37-25)44-2)21-16(29(32,33)34)4-5-17(35)23(21)31;8-6-4-7-2-1-3-9(7)5-6/h4-5,20H,3,6-14,35H2,1-2H3;6-7H,1-5H2. The van der Waals surface area contributed by atoms with E-state index < -0.39 is 41.1 Å². The Labute approximate surface area is 314 Å². The zero-order valence-electron chi connectivity index (χ0n) is 30.1. The molecule has 3 aromatic rings. The molecule has 6 aliphatic rings. The Kier molecular flexibility index (Phi) is 9.66. The number of likely N-dealkylation sites (N-methyl/N-ethyl adjacent to an activating group) is 1. The average Bonchev–Trinajstić information content (AvgIpc) is 3.74. The van der Waals surface area contributed by atoms with Crippen LogP contribution >= 0.6 is 11.6 Å². The maximum atomic E-state index is 15.1. The van der Waals surface area contributed by atoms with Gasteiger partial charge in [-0.15, -0.1) is 0 Å². The number of hydrogen-bond donors (Lipinski definition) is 1. The number of rotatable bonds is 4. The molecule has 0 radical (unpaired) electrons. The Morgan fingerprint density at radius 1 is 1.13 bits per heavy atom. The predicted molar refractivity (Wildman–Crippen MR) is 189 cm³/mol. The lowest BCUT2D eigenvalue weighted by molar-refractivity contribution is -0.140. The third-order valence-corrected chi connectivity index (χ3v) is 12.3. The summed E-state index contributed by atoms with van der Waals surface area (Å²) in [6.45, 7) is 5.29. The number of nitrogen functional groups attached to an aromatic ring is 1. The van der Waals surface area contributed by atoms with Gasteiger partial charge in [-0.3, -0.25) is 19.3 Å². The lowest BCUT2D eigenvalue weighted by atomic mass is 9.78. The molecule has 1 spiro atoms. The first-order valence-electron chi connectivity index (χ1n) is 18.4. The second-order valence-corrected chi connectivity index (χ2v) is 15.6. The number of amides is 1. The summed E-state index contributed by atoms with van der Waals surface area (Å²) in [5, 5.41) is 4.87. The van der Waals surface area contributed by atoms with Crippen molar-refractivity contribution in [1.29, 1.82) is 0 Å². The van der Waals surface area contributed by atoms with E-state index >= 15 is 4.39 Å². The number of benzene rings is 1. The molecule has 1 aromatic carbocycles. The summed E-state index contributed by atoms with van der Waals surface area (Å²) in [7, 11) is 3.45. The van der Waals surface area contributed by atoms with Crippen LogP contribution in [-0.2, 0) is 37.0 Å². The van der Waals surface area contributed by atoms with Crippen molar-refractivity contribution < 1.29 is 36.2 Å². The molecule has 6 aliphatic heterocycles. The molecular weight excluding hydrogens is 737 g/mol. The molecule has 0 saturated carbocycles. The SMILES string of the molecule is COc1nc2c(c(N3CCCn4nc(C(=O)N5CC6(CCN6C)C5)c(Cl)c4C3)n1)COC(c1c(C(F)(F)F)ccc(N)c1F)C2.FC1CC2CCCN2C1. The number of hydrogen-bond acceptors (Lipinski definition) is 10. The van der Waals surface area contributed by atoms with Crippen molar-refractivity contribution in [3.05, 3.63) is 56.7 Å². The van der Waals surface area contributed by atoms with Gasteiger partial charge in [-0.1, -0.05) is 11.6 Å². The number of alkyl halides is 4. The van der Waals surface area contributed by atoms with Gasteiger partial charge in [0.1, 0.15) is 12.0 Å². The highest BCUT2D eigenvalue weighted by Crippen LogP contribution is 2.44. The average molecular weight is 780 g/mol. The smallest absolute Gasteiger partial charge is 0.416 e. The monoisotopic (exact) mass is 779 g/mol. The van der Waals surface area contributed by atoms with Gasteiger partial charge in [0.15, 0.2) is 11.5 Å². The summed E-state index contributed by atoms with van der Waals surface area (Å²) >= 11 is 6.82. The number of aryl methyl sites for hydroxylation is 1. The normalized spacial score (nSPS) is 24.9. The maximum Gasteiger partial charge on any atom is 0.416 e. The van der Waals surface area contributed by atoms with Gasteiger partial charge in [0.2, 0.25) is 0 Å². The summed E-state index contributed by atoms with van der Waals surface area (Å²) < 4.78 is 82.2. The Hall–Kier alpha value is -3.80. The number of likely N-dealkylation sites (tertiary alicyclic amines) is 2. The summed E-state index contributed by atoms with van der Waals surface area (Å²) in [5.41, 5.74) is 5.26. The molecule has 18 heteroatoms. The molecule has 0 aliphatic carbocycles. The van der Waals surface area contributed by atoms with Crippen LogP contribution in [0, 0.1) is 5.82 Å². The molecule has 12 nitrogen and oxygen atoms in total. The Morgan fingerprint density at radius 3 is 2.61 bits per heavy atom. The fraction of sp³-hybridized carbons (Fsp3) is 0.611. The predicted octanol–water partition coefficient (Wildman–Crippen LogP) is 5.02. The van der Waals surface area contributed by atoms with Crippen molar-refractivity contribution in [1.82, 2.24) is 34.4 Å². The molecule has 9 rings (SSSR count). The van der Waals surface area contributed by atoms with E-state index in [2.05, 4.69) is 31.9 Å². The van der Waals surface area contributed by atoms with Gasteiger partial charge in [0.05, 0.1) is 59.6 Å². The van der Waals surface area contributed by atoms with Crippen LogP contribution in [0.2, 0.25) is 5.02 Å². The van der Waals surface area contributed by atoms with E-state index in [1.54, 1.807) is 9.58 Å². The zero-order valence-corrected chi connectivity index (χ0v) is 30.9. The quantitative estimate of drug-likeness (QED) is 0.286. The van der Waals surface area contributed by atoms with E-state index in [9.17, 15) is 22.4 Å². The molecule has 3 atom stereocenters. The van der Waals surface area contributed by atoms with E-state index in [0.717, 1.165) is 38.1 Å². The molecule has 1 amide bonds. The van der Waals surface area contributed by atoms with Crippen molar-refractivity contribution in [2.24, 2.45) is 0 Å². The molecule has 0 bridgehead atoms. The number of aromatic nitrogens is 4. The Bertz CT molecular complexity index is 1930. The minimum absolute atomic E-state index is 0.000820. The van der Waals surface area contributed by atoms with Crippen molar-refractivity contribution in [2.45, 2.75) is 88.3 Å². The number of anilines is 2. The maximum absolute atomic E-state index is 15.1. The molecule has 4 fully saturated rings. The molecule has 292 valence electrons. The summed E-state index contributed by atoms with van der Waals surface area (Å²) in [5.74, 6) is -0.922. The second-order valence-electron chi connectivity index (χ2n) is 15.2. The number of nitrogens with zero attached hydrogens (tertiary/aromatic N) is 8. The summed E-state index contributed by atoms with van der Waals surface area (Å²) in [6.07, 6.45) is -1.76. The first-order valence-corrected chi connectivity index (χ1v) is 18.7. The van der Waals surface area contributed by atoms with Crippen LogP contribution in [-0.4, -0.2) is 112 Å². The van der Waals surface area contributed by atoms with Crippen LogP contribution in [0.4, 0.5) is 33.5 Å². The van der Waals surface area contributed by atoms with Crippen molar-refractivity contribution in [3.8, 4) is 6.01 Å². The molecule has 8 heterocycles. The molecular formula is C36H43ClF5N9O3. The van der Waals surface area contributed by atoms with Gasteiger partial charge in [-0.05, 0) is 57.8 Å². The van der Waals surface area contributed by atoms with Crippen LogP contribution < -0.4 is 15.4 Å². The lowest BCUT2D eigenvalue weighted by Gasteiger charge is -2.61. The van der Waals surface area contributed by atoms with Crippen LogP contribution in [0.15, 0.2) is 12.1 Å². The molecule has 2 aromatic heterocycles. The molecule has 3 unspecified atom stereocenters. The Morgan fingerprint density at radius 2 is 1.93 bits per heavy atom. The molecule has 2 N–H and O–H groups in total. The van der Waals surface area contributed by atoms with E-state index in [0.29, 0.717) is 68.0 Å². The number of fused-ring (bicyclic) bond motifs is 3. The van der Waals surface area contributed by atoms with E-state index in [-0.39, 0.29) is 47.7 Å². The van der Waals surface area contributed by atoms with Gasteiger partial charge in [-0.2, -0.15) is 28.2 Å². The van der Waals surface area contributed by atoms with Crippen LogP contribution in [0.3, 0.4) is 0 Å². The number of ether oxygens (including phenoxy) is 2.